The first-order valence-corrected chi connectivity index (χ1v) is 6.29. The molecule has 0 amide bonds. The number of phenols is 3. The van der Waals surface area contributed by atoms with Crippen LogP contribution in [-0.2, 0) is 4.74 Å². The highest BCUT2D eigenvalue weighted by atomic mass is 16.7. The van der Waals surface area contributed by atoms with Gasteiger partial charge >= 0.3 is 0 Å². The minimum absolute atomic E-state index is 0.0181. The van der Waals surface area contributed by atoms with Gasteiger partial charge in [-0.05, 0) is 12.1 Å². The van der Waals surface area contributed by atoms with E-state index >= 15 is 0 Å². The molecule has 2 aromatic carbocycles. The first-order valence-electron chi connectivity index (χ1n) is 6.29. The van der Waals surface area contributed by atoms with Gasteiger partial charge in [-0.15, -0.1) is 0 Å². The fourth-order valence-electron chi connectivity index (χ4n) is 2.18. The van der Waals surface area contributed by atoms with Crippen LogP contribution in [0.15, 0.2) is 33.5 Å². The molecule has 0 atom stereocenters. The number of ether oxygens (including phenoxy) is 2. The predicted molar refractivity (Wildman–Crippen MR) is 77.5 cm³/mol. The molecule has 0 fully saturated rings. The van der Waals surface area contributed by atoms with Gasteiger partial charge in [0.25, 0.3) is 0 Å². The summed E-state index contributed by atoms with van der Waals surface area (Å²) >= 11 is 0. The summed E-state index contributed by atoms with van der Waals surface area (Å²) in [6, 6.07) is 5.14. The zero-order valence-corrected chi connectivity index (χ0v) is 11.5. The fraction of sp³-hybridized carbons (Fsp3) is 0.133. The number of benzene rings is 2. The van der Waals surface area contributed by atoms with Crippen LogP contribution >= 0.6 is 0 Å². The zero-order chi connectivity index (χ0) is 15.9. The SMILES string of the molecule is COCOc1cc(O)c2c(=O)c3ccc(O)c(O)c3oc2c1. The average molecular weight is 304 g/mol. The molecule has 114 valence electrons. The van der Waals surface area contributed by atoms with Crippen LogP contribution in [0.5, 0.6) is 23.0 Å². The van der Waals surface area contributed by atoms with Crippen LogP contribution in [0.3, 0.4) is 0 Å². The van der Waals surface area contributed by atoms with Gasteiger partial charge in [0.1, 0.15) is 22.5 Å². The van der Waals surface area contributed by atoms with Gasteiger partial charge in [0, 0.05) is 19.2 Å². The molecule has 0 saturated carbocycles. The van der Waals surface area contributed by atoms with Gasteiger partial charge in [0.15, 0.2) is 18.1 Å². The van der Waals surface area contributed by atoms with Gasteiger partial charge in [0.05, 0.1) is 5.39 Å². The maximum absolute atomic E-state index is 12.4. The van der Waals surface area contributed by atoms with E-state index in [-0.39, 0.29) is 40.2 Å². The summed E-state index contributed by atoms with van der Waals surface area (Å²) < 4.78 is 15.4. The highest BCUT2D eigenvalue weighted by Crippen LogP contribution is 2.36. The smallest absolute Gasteiger partial charge is 0.204 e. The van der Waals surface area contributed by atoms with Crippen LogP contribution in [-0.4, -0.2) is 29.2 Å². The normalized spacial score (nSPS) is 11.1. The van der Waals surface area contributed by atoms with Gasteiger partial charge in [-0.25, -0.2) is 0 Å². The molecule has 7 heteroatoms. The highest BCUT2D eigenvalue weighted by molar-refractivity contribution is 5.96. The summed E-state index contributed by atoms with van der Waals surface area (Å²) in [4.78, 5) is 12.4. The van der Waals surface area contributed by atoms with Crippen LogP contribution in [0, 0.1) is 0 Å². The monoisotopic (exact) mass is 304 g/mol. The number of hydrogen-bond donors (Lipinski definition) is 3. The lowest BCUT2D eigenvalue weighted by molar-refractivity contribution is 0.0510. The molecule has 0 spiro atoms. The van der Waals surface area contributed by atoms with Crippen molar-refractivity contribution in [2.45, 2.75) is 0 Å². The van der Waals surface area contributed by atoms with E-state index in [1.165, 1.54) is 31.4 Å². The largest absolute Gasteiger partial charge is 0.507 e. The number of fused-ring (bicyclic) bond motifs is 2. The molecule has 1 aromatic heterocycles. The summed E-state index contributed by atoms with van der Waals surface area (Å²) in [5.41, 5.74) is -0.673. The van der Waals surface area contributed by atoms with Crippen LogP contribution in [0.25, 0.3) is 21.9 Å². The first-order chi connectivity index (χ1) is 10.5. The van der Waals surface area contributed by atoms with Crippen molar-refractivity contribution < 1.29 is 29.2 Å². The number of phenolic OH excluding ortho intramolecular Hbond substituents is 3. The van der Waals surface area contributed by atoms with Crippen molar-refractivity contribution in [1.82, 2.24) is 0 Å². The summed E-state index contributed by atoms with van der Waals surface area (Å²) in [6.07, 6.45) is 0. The summed E-state index contributed by atoms with van der Waals surface area (Å²) in [7, 11) is 1.44. The van der Waals surface area contributed by atoms with Crippen LogP contribution in [0.4, 0.5) is 0 Å². The molecule has 7 nitrogen and oxygen atoms in total. The third-order valence-corrected chi connectivity index (χ3v) is 3.19. The Morgan fingerprint density at radius 2 is 1.91 bits per heavy atom. The number of aromatic hydroxyl groups is 3. The van der Waals surface area contributed by atoms with Crippen molar-refractivity contribution in [1.29, 1.82) is 0 Å². The fourth-order valence-corrected chi connectivity index (χ4v) is 2.18. The lowest BCUT2D eigenvalue weighted by Crippen LogP contribution is -2.04. The summed E-state index contributed by atoms with van der Waals surface area (Å²) in [6.45, 7) is -0.0468. The molecule has 0 bridgehead atoms. The van der Waals surface area contributed by atoms with E-state index in [0.29, 0.717) is 0 Å². The molecule has 0 aliphatic rings. The molecule has 22 heavy (non-hydrogen) atoms. The Balaban J connectivity index is 2.37. The second-order valence-electron chi connectivity index (χ2n) is 4.61. The Morgan fingerprint density at radius 1 is 1.14 bits per heavy atom. The molecule has 1 heterocycles. The van der Waals surface area contributed by atoms with Gasteiger partial charge < -0.3 is 29.2 Å². The van der Waals surface area contributed by atoms with Crippen molar-refractivity contribution in [3.8, 4) is 23.0 Å². The average Bonchev–Trinajstić information content (AvgIpc) is 2.49. The van der Waals surface area contributed by atoms with Crippen LogP contribution in [0.2, 0.25) is 0 Å². The molecule has 0 radical (unpaired) electrons. The third-order valence-electron chi connectivity index (χ3n) is 3.19. The maximum Gasteiger partial charge on any atom is 0.204 e. The van der Waals surface area contributed by atoms with Crippen molar-refractivity contribution in [2.24, 2.45) is 0 Å². The Morgan fingerprint density at radius 3 is 2.64 bits per heavy atom. The molecule has 3 aromatic rings. The molecule has 0 aliphatic heterocycles. The number of methoxy groups -OCH3 is 1. The quantitative estimate of drug-likeness (QED) is 0.386. The van der Waals surface area contributed by atoms with Gasteiger partial charge in [-0.3, -0.25) is 4.79 Å². The first kappa shape index (κ1) is 14.0. The van der Waals surface area contributed by atoms with Crippen molar-refractivity contribution in [2.75, 3.05) is 13.9 Å². The van der Waals surface area contributed by atoms with Gasteiger partial charge in [-0.2, -0.15) is 0 Å². The zero-order valence-electron chi connectivity index (χ0n) is 11.5. The Bertz CT molecular complexity index is 927. The van der Waals surface area contributed by atoms with E-state index in [0.717, 1.165) is 0 Å². The van der Waals surface area contributed by atoms with Crippen LogP contribution < -0.4 is 10.2 Å². The standard InChI is InChI=1S/C15H12O7/c1-20-6-21-7-4-10(17)12-11(5-7)22-15-8(13(12)18)2-3-9(16)14(15)19/h2-5,16-17,19H,6H2,1H3. The predicted octanol–water partition coefficient (Wildman–Crippen LogP) is 2.05. The minimum atomic E-state index is -0.542. The Kier molecular flexibility index (Phi) is 3.26. The summed E-state index contributed by atoms with van der Waals surface area (Å²) in [5, 5.41) is 29.4. The molecular weight excluding hydrogens is 292 g/mol. The number of hydrogen-bond acceptors (Lipinski definition) is 7. The second kappa shape index (κ2) is 5.12. The van der Waals surface area contributed by atoms with Crippen molar-refractivity contribution in [3.05, 3.63) is 34.5 Å². The molecule has 0 aliphatic carbocycles. The summed E-state index contributed by atoms with van der Waals surface area (Å²) in [5.74, 6) is -1.04. The molecule has 0 unspecified atom stereocenters. The van der Waals surface area contributed by atoms with Crippen molar-refractivity contribution >= 4 is 21.9 Å². The van der Waals surface area contributed by atoms with Crippen LogP contribution in [0.1, 0.15) is 0 Å². The maximum atomic E-state index is 12.4. The van der Waals surface area contributed by atoms with E-state index in [9.17, 15) is 20.1 Å². The van der Waals surface area contributed by atoms with Gasteiger partial charge in [0.2, 0.25) is 11.2 Å². The van der Waals surface area contributed by atoms with E-state index < -0.39 is 16.9 Å². The lowest BCUT2D eigenvalue weighted by atomic mass is 10.1. The molecule has 3 rings (SSSR count). The number of rotatable bonds is 3. The van der Waals surface area contributed by atoms with E-state index in [1.807, 2.05) is 0 Å². The van der Waals surface area contributed by atoms with E-state index in [2.05, 4.69) is 0 Å². The van der Waals surface area contributed by atoms with E-state index in [4.69, 9.17) is 13.9 Å². The second-order valence-corrected chi connectivity index (χ2v) is 4.61. The lowest BCUT2D eigenvalue weighted by Gasteiger charge is -2.09. The molecule has 0 saturated heterocycles. The third kappa shape index (κ3) is 2.08. The van der Waals surface area contributed by atoms with E-state index in [1.54, 1.807) is 0 Å². The Labute approximate surface area is 123 Å². The highest BCUT2D eigenvalue weighted by Gasteiger charge is 2.17. The Hall–Kier alpha value is -2.93. The molecular formula is C15H12O7. The van der Waals surface area contributed by atoms with Gasteiger partial charge in [-0.1, -0.05) is 0 Å². The van der Waals surface area contributed by atoms with Crippen molar-refractivity contribution in [3.63, 3.8) is 0 Å². The minimum Gasteiger partial charge on any atom is -0.507 e. The topological polar surface area (TPSA) is 109 Å². The molecule has 3 N–H and O–H groups in total.